The fraction of sp³-hybridized carbons (Fsp3) is 0.438. The molecule has 2 aromatic rings. The molecule has 3 rings (SSSR count). The average molecular weight is 257 g/mol. The number of aromatic amines is 1. The molecular formula is C16H19NO2. The molecule has 1 aliphatic carbocycles. The molecule has 0 atom stereocenters. The van der Waals surface area contributed by atoms with E-state index < -0.39 is 11.4 Å². The van der Waals surface area contributed by atoms with E-state index in [1.807, 2.05) is 18.3 Å². The van der Waals surface area contributed by atoms with Crippen molar-refractivity contribution in [3.8, 4) is 0 Å². The second-order valence-corrected chi connectivity index (χ2v) is 5.68. The van der Waals surface area contributed by atoms with Crippen molar-refractivity contribution >= 4 is 16.9 Å². The quantitative estimate of drug-likeness (QED) is 0.860. The van der Waals surface area contributed by atoms with Gasteiger partial charge in [-0.1, -0.05) is 25.3 Å². The third-order valence-electron chi connectivity index (χ3n) is 4.56. The highest BCUT2D eigenvalue weighted by Crippen LogP contribution is 2.40. The number of fused-ring (bicyclic) bond motifs is 1. The number of H-pyrrole nitrogens is 1. The number of carbonyl (C=O) groups is 1. The molecule has 0 amide bonds. The summed E-state index contributed by atoms with van der Waals surface area (Å²) in [6, 6.07) is 6.06. The normalized spacial score (nSPS) is 18.6. The van der Waals surface area contributed by atoms with Crippen molar-refractivity contribution in [1.82, 2.24) is 4.98 Å². The lowest BCUT2D eigenvalue weighted by molar-refractivity contribution is -0.145. The zero-order valence-corrected chi connectivity index (χ0v) is 11.2. The first kappa shape index (κ1) is 12.3. The van der Waals surface area contributed by atoms with Gasteiger partial charge in [0.15, 0.2) is 0 Å². The summed E-state index contributed by atoms with van der Waals surface area (Å²) in [5.74, 6) is -0.667. The van der Waals surface area contributed by atoms with Gasteiger partial charge in [-0.25, -0.2) is 0 Å². The number of carboxylic acid groups (broad SMARTS) is 1. The third kappa shape index (κ3) is 1.84. The summed E-state index contributed by atoms with van der Waals surface area (Å²) in [5, 5.41) is 10.9. The van der Waals surface area contributed by atoms with Crippen LogP contribution in [0, 0.1) is 6.92 Å². The Bertz CT molecular complexity index is 621. The summed E-state index contributed by atoms with van der Waals surface area (Å²) in [6.07, 6.45) is 6.67. The highest BCUT2D eigenvalue weighted by molar-refractivity contribution is 5.87. The molecule has 0 saturated heterocycles. The largest absolute Gasteiger partial charge is 0.481 e. The smallest absolute Gasteiger partial charge is 0.314 e. The monoisotopic (exact) mass is 257 g/mol. The number of nitrogens with one attached hydrogen (secondary N) is 1. The highest BCUT2D eigenvalue weighted by atomic mass is 16.4. The van der Waals surface area contributed by atoms with Gasteiger partial charge in [-0.3, -0.25) is 4.79 Å². The highest BCUT2D eigenvalue weighted by Gasteiger charge is 2.41. The summed E-state index contributed by atoms with van der Waals surface area (Å²) in [6.45, 7) is 2.05. The zero-order valence-electron chi connectivity index (χ0n) is 11.2. The van der Waals surface area contributed by atoms with Crippen LogP contribution in [0.15, 0.2) is 24.4 Å². The van der Waals surface area contributed by atoms with Crippen LogP contribution in [0.4, 0.5) is 0 Å². The van der Waals surface area contributed by atoms with Crippen molar-refractivity contribution in [2.75, 3.05) is 0 Å². The number of hydrogen-bond donors (Lipinski definition) is 2. The molecule has 2 N–H and O–H groups in total. The maximum absolute atomic E-state index is 11.8. The van der Waals surface area contributed by atoms with E-state index in [9.17, 15) is 9.90 Å². The average Bonchev–Trinajstić information content (AvgIpc) is 2.80. The standard InChI is InChI=1S/C16H19NO2/c1-11-10-17-14-6-5-12(9-13(11)14)16(15(18)19)7-3-2-4-8-16/h5-6,9-10,17H,2-4,7-8H2,1H3,(H,18,19). The summed E-state index contributed by atoms with van der Waals surface area (Å²) >= 11 is 0. The topological polar surface area (TPSA) is 53.1 Å². The molecule has 1 heterocycles. The van der Waals surface area contributed by atoms with Crippen LogP contribution in [0.5, 0.6) is 0 Å². The molecular weight excluding hydrogens is 238 g/mol. The van der Waals surface area contributed by atoms with Gasteiger partial charge in [0.05, 0.1) is 5.41 Å². The van der Waals surface area contributed by atoms with Crippen molar-refractivity contribution in [2.24, 2.45) is 0 Å². The summed E-state index contributed by atoms with van der Waals surface area (Å²) in [5.41, 5.74) is 2.55. The lowest BCUT2D eigenvalue weighted by Gasteiger charge is -2.33. The first-order valence-corrected chi connectivity index (χ1v) is 6.95. The van der Waals surface area contributed by atoms with E-state index in [4.69, 9.17) is 0 Å². The molecule has 100 valence electrons. The Balaban J connectivity index is 2.14. The van der Waals surface area contributed by atoms with E-state index in [1.165, 1.54) is 5.56 Å². The van der Waals surface area contributed by atoms with Crippen LogP contribution in [0.3, 0.4) is 0 Å². The predicted octanol–water partition coefficient (Wildman–Crippen LogP) is 3.76. The van der Waals surface area contributed by atoms with Crippen molar-refractivity contribution in [3.05, 3.63) is 35.5 Å². The lowest BCUT2D eigenvalue weighted by Crippen LogP contribution is -2.37. The van der Waals surface area contributed by atoms with Crippen molar-refractivity contribution < 1.29 is 9.90 Å². The van der Waals surface area contributed by atoms with Gasteiger partial charge in [-0.2, -0.15) is 0 Å². The van der Waals surface area contributed by atoms with Crippen LogP contribution in [-0.2, 0) is 10.2 Å². The molecule has 1 fully saturated rings. The Morgan fingerprint density at radius 3 is 2.68 bits per heavy atom. The second-order valence-electron chi connectivity index (χ2n) is 5.68. The number of carboxylic acids is 1. The van der Waals surface area contributed by atoms with Crippen LogP contribution in [0.25, 0.3) is 10.9 Å². The van der Waals surface area contributed by atoms with E-state index in [0.717, 1.165) is 48.6 Å². The molecule has 0 aliphatic heterocycles. The fourth-order valence-electron chi connectivity index (χ4n) is 3.34. The molecule has 0 radical (unpaired) electrons. The van der Waals surface area contributed by atoms with Crippen LogP contribution in [-0.4, -0.2) is 16.1 Å². The fourth-order valence-corrected chi connectivity index (χ4v) is 3.34. The number of aliphatic carboxylic acids is 1. The number of aromatic nitrogens is 1. The van der Waals surface area contributed by atoms with Crippen molar-refractivity contribution in [1.29, 1.82) is 0 Å². The Kier molecular flexibility index (Phi) is 2.85. The summed E-state index contributed by atoms with van der Waals surface area (Å²) in [4.78, 5) is 15.0. The first-order chi connectivity index (χ1) is 9.13. The van der Waals surface area contributed by atoms with Gasteiger partial charge in [-0.05, 0) is 43.0 Å². The van der Waals surface area contributed by atoms with E-state index in [2.05, 4.69) is 18.0 Å². The molecule has 0 spiro atoms. The van der Waals surface area contributed by atoms with Gasteiger partial charge in [0.1, 0.15) is 0 Å². The lowest BCUT2D eigenvalue weighted by atomic mass is 9.69. The van der Waals surface area contributed by atoms with Gasteiger partial charge in [0.2, 0.25) is 0 Å². The van der Waals surface area contributed by atoms with Crippen molar-refractivity contribution in [3.63, 3.8) is 0 Å². The molecule has 1 aliphatic rings. The van der Waals surface area contributed by atoms with Gasteiger partial charge < -0.3 is 10.1 Å². The molecule has 3 nitrogen and oxygen atoms in total. The van der Waals surface area contributed by atoms with E-state index in [1.54, 1.807) is 0 Å². The van der Waals surface area contributed by atoms with Gasteiger partial charge in [0, 0.05) is 17.1 Å². The summed E-state index contributed by atoms with van der Waals surface area (Å²) in [7, 11) is 0. The Labute approximate surface area is 112 Å². The second kappa shape index (κ2) is 4.41. The molecule has 1 aromatic heterocycles. The molecule has 1 saturated carbocycles. The number of benzene rings is 1. The van der Waals surface area contributed by atoms with E-state index in [0.29, 0.717) is 0 Å². The van der Waals surface area contributed by atoms with Gasteiger partial charge in [-0.15, -0.1) is 0 Å². The molecule has 0 unspecified atom stereocenters. The first-order valence-electron chi connectivity index (χ1n) is 6.95. The Morgan fingerprint density at radius 2 is 2.00 bits per heavy atom. The van der Waals surface area contributed by atoms with Crippen LogP contribution in [0.2, 0.25) is 0 Å². The zero-order chi connectivity index (χ0) is 13.5. The SMILES string of the molecule is Cc1c[nH]c2ccc(C3(C(=O)O)CCCCC3)cc12. The minimum atomic E-state index is -0.670. The van der Waals surface area contributed by atoms with E-state index in [-0.39, 0.29) is 0 Å². The molecule has 1 aromatic carbocycles. The number of hydrogen-bond acceptors (Lipinski definition) is 1. The van der Waals surface area contributed by atoms with Crippen LogP contribution < -0.4 is 0 Å². The third-order valence-corrected chi connectivity index (χ3v) is 4.56. The Hall–Kier alpha value is -1.77. The molecule has 3 heteroatoms. The van der Waals surface area contributed by atoms with E-state index >= 15 is 0 Å². The Morgan fingerprint density at radius 1 is 1.26 bits per heavy atom. The maximum atomic E-state index is 11.8. The number of rotatable bonds is 2. The van der Waals surface area contributed by atoms with Gasteiger partial charge in [0.25, 0.3) is 0 Å². The minimum absolute atomic E-state index is 0.667. The molecule has 19 heavy (non-hydrogen) atoms. The minimum Gasteiger partial charge on any atom is -0.481 e. The maximum Gasteiger partial charge on any atom is 0.314 e. The van der Waals surface area contributed by atoms with Crippen LogP contribution >= 0.6 is 0 Å². The summed E-state index contributed by atoms with van der Waals surface area (Å²) < 4.78 is 0. The number of aryl methyl sites for hydroxylation is 1. The van der Waals surface area contributed by atoms with Gasteiger partial charge >= 0.3 is 5.97 Å². The van der Waals surface area contributed by atoms with Crippen LogP contribution in [0.1, 0.15) is 43.2 Å². The van der Waals surface area contributed by atoms with Crippen molar-refractivity contribution in [2.45, 2.75) is 44.4 Å². The molecule has 0 bridgehead atoms. The predicted molar refractivity (Wildman–Crippen MR) is 75.4 cm³/mol.